The van der Waals surface area contributed by atoms with E-state index in [1.807, 2.05) is 0 Å². The molecule has 46 valence electrons. The molecule has 1 aliphatic heterocycles. The standard InChI is InChI=1S/C6H11O2/c1-7-6-3-2-4-8-5-6/h5-6H,2-4H2,1H3/q+1/t6-/m0/s1. The van der Waals surface area contributed by atoms with Crippen molar-refractivity contribution in [2.24, 2.45) is 0 Å². The fourth-order valence-electron chi connectivity index (χ4n) is 0.785. The van der Waals surface area contributed by atoms with Crippen molar-refractivity contribution in [1.82, 2.24) is 0 Å². The highest BCUT2D eigenvalue weighted by atomic mass is 16.5. The fraction of sp³-hybridized carbons (Fsp3) is 0.833. The van der Waals surface area contributed by atoms with Crippen molar-refractivity contribution < 1.29 is 9.47 Å². The number of hydrogen-bond donors (Lipinski definition) is 0. The summed E-state index contributed by atoms with van der Waals surface area (Å²) in [5.41, 5.74) is 0. The average Bonchev–Trinajstić information content (AvgIpc) is 1.90. The molecule has 1 atom stereocenters. The lowest BCUT2D eigenvalue weighted by Crippen LogP contribution is -2.18. The molecular formula is C6H11O2+. The summed E-state index contributed by atoms with van der Waals surface area (Å²) in [7, 11) is 1.70. The molecule has 0 aromatic heterocycles. The number of methoxy groups -OCH3 is 1. The summed E-state index contributed by atoms with van der Waals surface area (Å²) < 4.78 is 10.0. The summed E-state index contributed by atoms with van der Waals surface area (Å²) in [6, 6.07) is 0. The summed E-state index contributed by atoms with van der Waals surface area (Å²) >= 11 is 0. The maximum Gasteiger partial charge on any atom is 0.257 e. The third kappa shape index (κ3) is 1.39. The van der Waals surface area contributed by atoms with Crippen LogP contribution in [0.4, 0.5) is 0 Å². The Morgan fingerprint density at radius 1 is 1.75 bits per heavy atom. The van der Waals surface area contributed by atoms with Gasteiger partial charge in [0.2, 0.25) is 6.10 Å². The van der Waals surface area contributed by atoms with E-state index in [2.05, 4.69) is 0 Å². The van der Waals surface area contributed by atoms with Crippen LogP contribution in [0.1, 0.15) is 12.8 Å². The Labute approximate surface area is 49.8 Å². The van der Waals surface area contributed by atoms with E-state index in [9.17, 15) is 0 Å². The molecule has 8 heavy (non-hydrogen) atoms. The molecule has 1 heterocycles. The van der Waals surface area contributed by atoms with Crippen molar-refractivity contribution >= 4 is 0 Å². The van der Waals surface area contributed by atoms with Crippen molar-refractivity contribution in [3.8, 4) is 0 Å². The van der Waals surface area contributed by atoms with Gasteiger partial charge in [0.1, 0.15) is 0 Å². The lowest BCUT2D eigenvalue weighted by molar-refractivity contribution is 0.0158. The zero-order valence-electron chi connectivity index (χ0n) is 5.09. The van der Waals surface area contributed by atoms with Gasteiger partial charge in [0.05, 0.1) is 6.61 Å². The minimum Gasteiger partial charge on any atom is -0.338 e. The highest BCUT2D eigenvalue weighted by Crippen LogP contribution is 2.11. The molecule has 1 aliphatic rings. The van der Waals surface area contributed by atoms with E-state index >= 15 is 0 Å². The van der Waals surface area contributed by atoms with Gasteiger partial charge in [-0.25, -0.2) is 0 Å². The van der Waals surface area contributed by atoms with Crippen LogP contribution in [0.25, 0.3) is 0 Å². The average molecular weight is 115 g/mol. The monoisotopic (exact) mass is 115 g/mol. The normalized spacial score (nSPS) is 29.4. The Bertz CT molecular complexity index is 57.5. The largest absolute Gasteiger partial charge is 0.338 e. The molecular weight excluding hydrogens is 104 g/mol. The minimum atomic E-state index is 0.240. The van der Waals surface area contributed by atoms with E-state index in [1.54, 1.807) is 13.7 Å². The van der Waals surface area contributed by atoms with E-state index < -0.39 is 0 Å². The van der Waals surface area contributed by atoms with Gasteiger partial charge in [-0.1, -0.05) is 0 Å². The van der Waals surface area contributed by atoms with Crippen molar-refractivity contribution in [3.05, 3.63) is 6.61 Å². The van der Waals surface area contributed by atoms with E-state index in [4.69, 9.17) is 9.47 Å². The summed E-state index contributed by atoms with van der Waals surface area (Å²) in [4.78, 5) is 0. The van der Waals surface area contributed by atoms with Crippen LogP contribution < -0.4 is 0 Å². The molecule has 2 heteroatoms. The molecule has 1 rings (SSSR count). The Morgan fingerprint density at radius 2 is 2.62 bits per heavy atom. The quantitative estimate of drug-likeness (QED) is 0.474. The van der Waals surface area contributed by atoms with Crippen LogP contribution in [-0.2, 0) is 9.47 Å². The van der Waals surface area contributed by atoms with Crippen molar-refractivity contribution in [2.45, 2.75) is 18.9 Å². The molecule has 1 saturated heterocycles. The van der Waals surface area contributed by atoms with Gasteiger partial charge >= 0.3 is 0 Å². The van der Waals surface area contributed by atoms with Crippen LogP contribution in [0, 0.1) is 6.61 Å². The van der Waals surface area contributed by atoms with E-state index in [0.717, 1.165) is 19.4 Å². The van der Waals surface area contributed by atoms with Gasteiger partial charge < -0.3 is 4.74 Å². The molecule has 0 aromatic carbocycles. The van der Waals surface area contributed by atoms with Crippen LogP contribution in [-0.4, -0.2) is 19.8 Å². The summed E-state index contributed by atoms with van der Waals surface area (Å²) in [5.74, 6) is 0. The van der Waals surface area contributed by atoms with Crippen molar-refractivity contribution in [1.29, 1.82) is 0 Å². The second-order valence-corrected chi connectivity index (χ2v) is 1.92. The molecule has 0 radical (unpaired) electrons. The van der Waals surface area contributed by atoms with Crippen LogP contribution in [0.3, 0.4) is 0 Å². The first-order chi connectivity index (χ1) is 3.93. The van der Waals surface area contributed by atoms with Crippen molar-refractivity contribution in [2.75, 3.05) is 13.7 Å². The Balaban J connectivity index is 2.13. The number of rotatable bonds is 1. The molecule has 0 unspecified atom stereocenters. The van der Waals surface area contributed by atoms with Crippen LogP contribution >= 0.6 is 0 Å². The minimum absolute atomic E-state index is 0.240. The molecule has 2 nitrogen and oxygen atoms in total. The third-order valence-corrected chi connectivity index (χ3v) is 1.30. The zero-order valence-corrected chi connectivity index (χ0v) is 5.09. The molecule has 0 aliphatic carbocycles. The van der Waals surface area contributed by atoms with E-state index in [0.29, 0.717) is 0 Å². The topological polar surface area (TPSA) is 18.5 Å². The van der Waals surface area contributed by atoms with Crippen molar-refractivity contribution in [3.63, 3.8) is 0 Å². The molecule has 0 spiro atoms. The van der Waals surface area contributed by atoms with Gasteiger partial charge in [0.15, 0.2) is 0 Å². The summed E-state index contributed by atoms with van der Waals surface area (Å²) in [6.07, 6.45) is 2.47. The third-order valence-electron chi connectivity index (χ3n) is 1.30. The smallest absolute Gasteiger partial charge is 0.257 e. The number of hydrogen-bond acceptors (Lipinski definition) is 2. The van der Waals surface area contributed by atoms with Gasteiger partial charge in [-0.2, -0.15) is 4.74 Å². The second-order valence-electron chi connectivity index (χ2n) is 1.92. The summed E-state index contributed by atoms with van der Waals surface area (Å²) in [6.45, 7) is 2.63. The molecule has 1 fully saturated rings. The van der Waals surface area contributed by atoms with Crippen LogP contribution in [0.5, 0.6) is 0 Å². The highest BCUT2D eigenvalue weighted by molar-refractivity contribution is 4.71. The predicted octanol–water partition coefficient (Wildman–Crippen LogP) is 0.974. The SMILES string of the molecule is CO[C@@H]1[CH+]OCCC1. The van der Waals surface area contributed by atoms with Gasteiger partial charge in [-0.05, 0) is 6.42 Å². The maximum atomic E-state index is 5.02. The first-order valence-corrected chi connectivity index (χ1v) is 2.91. The van der Waals surface area contributed by atoms with Gasteiger partial charge in [-0.3, -0.25) is 0 Å². The molecule has 0 saturated carbocycles. The highest BCUT2D eigenvalue weighted by Gasteiger charge is 2.21. The van der Waals surface area contributed by atoms with E-state index in [-0.39, 0.29) is 6.10 Å². The Morgan fingerprint density at radius 3 is 3.00 bits per heavy atom. The maximum absolute atomic E-state index is 5.02. The van der Waals surface area contributed by atoms with Gasteiger partial charge in [0.25, 0.3) is 6.61 Å². The Hall–Kier alpha value is -0.210. The van der Waals surface area contributed by atoms with E-state index in [1.165, 1.54) is 0 Å². The van der Waals surface area contributed by atoms with Crippen LogP contribution in [0.2, 0.25) is 0 Å². The number of ether oxygens (including phenoxy) is 2. The van der Waals surface area contributed by atoms with Gasteiger partial charge in [-0.15, -0.1) is 0 Å². The molecule has 0 aromatic rings. The first kappa shape index (κ1) is 5.92. The molecule has 0 bridgehead atoms. The fourth-order valence-corrected chi connectivity index (χ4v) is 0.785. The molecule has 0 amide bonds. The second kappa shape index (κ2) is 2.95. The van der Waals surface area contributed by atoms with Gasteiger partial charge in [0, 0.05) is 13.5 Å². The predicted molar refractivity (Wildman–Crippen MR) is 30.3 cm³/mol. The summed E-state index contributed by atoms with van der Waals surface area (Å²) in [5, 5.41) is 0. The molecule has 0 N–H and O–H groups in total. The zero-order chi connectivity index (χ0) is 5.82. The first-order valence-electron chi connectivity index (χ1n) is 2.91. The lowest BCUT2D eigenvalue weighted by atomic mass is 10.2. The Kier molecular flexibility index (Phi) is 2.18. The lowest BCUT2D eigenvalue weighted by Gasteiger charge is -2.09. The van der Waals surface area contributed by atoms with Crippen LogP contribution in [0.15, 0.2) is 0 Å².